The summed E-state index contributed by atoms with van der Waals surface area (Å²) >= 11 is 0. The molecule has 0 radical (unpaired) electrons. The number of hydrogen-bond acceptors (Lipinski definition) is 3. The van der Waals surface area contributed by atoms with Crippen LogP contribution in [-0.4, -0.2) is 15.8 Å². The van der Waals surface area contributed by atoms with Crippen LogP contribution in [0.4, 0.5) is 0 Å². The molecule has 0 aliphatic carbocycles. The first-order valence-corrected chi connectivity index (χ1v) is 5.67. The first-order valence-electron chi connectivity index (χ1n) is 5.67. The zero-order chi connectivity index (χ0) is 13.1. The summed E-state index contributed by atoms with van der Waals surface area (Å²) in [5.74, 6) is -0.0636. The van der Waals surface area contributed by atoms with Crippen molar-refractivity contribution < 1.29 is 4.79 Å². The van der Waals surface area contributed by atoms with Gasteiger partial charge >= 0.3 is 0 Å². The number of Topliss-reactive ketones (excluding diaryl/α,β-unsaturated/α-hetero) is 1. The number of aryl methyl sites for hydroxylation is 1. The Kier molecular flexibility index (Phi) is 3.33. The fraction of sp³-hybridized carbons (Fsp3) is 0.133. The van der Waals surface area contributed by atoms with Gasteiger partial charge in [0.25, 0.3) is 0 Å². The van der Waals surface area contributed by atoms with Gasteiger partial charge in [-0.25, -0.2) is 0 Å². The molecule has 0 unspecified atom stereocenters. The molecule has 0 atom stereocenters. The molecule has 3 nitrogen and oxygen atoms in total. The third kappa shape index (κ3) is 2.51. The van der Waals surface area contributed by atoms with E-state index in [1.54, 1.807) is 31.5 Å². The number of rotatable bonds is 3. The zero-order valence-electron chi connectivity index (χ0n) is 10.5. The summed E-state index contributed by atoms with van der Waals surface area (Å²) in [5, 5.41) is 0. The van der Waals surface area contributed by atoms with E-state index >= 15 is 0 Å². The summed E-state index contributed by atoms with van der Waals surface area (Å²) in [5.41, 5.74) is 3.69. The molecule has 0 saturated carbocycles. The van der Waals surface area contributed by atoms with Crippen LogP contribution in [0, 0.1) is 6.92 Å². The number of nitrogens with zero attached hydrogens (tertiary/aromatic N) is 2. The largest absolute Gasteiger partial charge is 0.289 e. The highest BCUT2D eigenvalue weighted by Gasteiger charge is 2.09. The summed E-state index contributed by atoms with van der Waals surface area (Å²) in [4.78, 5) is 20.4. The Morgan fingerprint density at radius 3 is 2.33 bits per heavy atom. The van der Waals surface area contributed by atoms with E-state index in [2.05, 4.69) is 16.5 Å². The fourth-order valence-corrected chi connectivity index (χ4v) is 1.63. The number of pyridine rings is 2. The molecule has 18 heavy (non-hydrogen) atoms. The molecule has 0 spiro atoms. The van der Waals surface area contributed by atoms with Gasteiger partial charge < -0.3 is 0 Å². The normalized spacial score (nSPS) is 10.1. The summed E-state index contributed by atoms with van der Waals surface area (Å²) in [7, 11) is 0. The molecule has 0 N–H and O–H groups in total. The summed E-state index contributed by atoms with van der Waals surface area (Å²) in [6.07, 6.45) is 3.36. The predicted octanol–water partition coefficient (Wildman–Crippen LogP) is 3.21. The van der Waals surface area contributed by atoms with E-state index in [-0.39, 0.29) is 5.78 Å². The van der Waals surface area contributed by atoms with Gasteiger partial charge in [-0.1, -0.05) is 6.58 Å². The van der Waals surface area contributed by atoms with E-state index < -0.39 is 0 Å². The van der Waals surface area contributed by atoms with E-state index in [0.29, 0.717) is 16.8 Å². The van der Waals surface area contributed by atoms with Gasteiger partial charge in [-0.2, -0.15) is 0 Å². The van der Waals surface area contributed by atoms with Crippen LogP contribution in [0.15, 0.2) is 48.8 Å². The van der Waals surface area contributed by atoms with E-state index in [1.807, 2.05) is 19.1 Å². The third-order valence-corrected chi connectivity index (χ3v) is 2.59. The van der Waals surface area contributed by atoms with Crippen molar-refractivity contribution in [3.8, 4) is 11.4 Å². The van der Waals surface area contributed by atoms with Crippen LogP contribution in [0.3, 0.4) is 0 Å². The molecule has 0 saturated heterocycles. The van der Waals surface area contributed by atoms with Gasteiger partial charge in [-0.05, 0) is 49.2 Å². The van der Waals surface area contributed by atoms with Crippen LogP contribution in [0.25, 0.3) is 11.4 Å². The molecule has 0 aliphatic rings. The van der Waals surface area contributed by atoms with Gasteiger partial charge in [0.05, 0.1) is 11.4 Å². The smallest absolute Gasteiger partial charge is 0.188 e. The molecule has 2 aromatic heterocycles. The summed E-state index contributed by atoms with van der Waals surface area (Å²) in [6, 6.07) is 7.30. The van der Waals surface area contributed by atoms with Crippen molar-refractivity contribution in [3.05, 3.63) is 59.9 Å². The first kappa shape index (κ1) is 12.2. The van der Waals surface area contributed by atoms with Crippen molar-refractivity contribution in [2.75, 3.05) is 0 Å². The standard InChI is InChI=1S/C15H14N2O/c1-10(2)15(18)12-5-7-17-14(9-12)13-8-11(3)4-6-16-13/h4-9H,1H2,2-3H3. The molecule has 2 heterocycles. The number of ketones is 1. The Labute approximate surface area is 106 Å². The maximum absolute atomic E-state index is 11.8. The second-order valence-corrected chi connectivity index (χ2v) is 4.26. The summed E-state index contributed by atoms with van der Waals surface area (Å²) in [6.45, 7) is 7.36. The minimum atomic E-state index is -0.0636. The van der Waals surface area contributed by atoms with E-state index in [4.69, 9.17) is 0 Å². The highest BCUT2D eigenvalue weighted by molar-refractivity contribution is 6.08. The fourth-order valence-electron chi connectivity index (χ4n) is 1.63. The predicted molar refractivity (Wildman–Crippen MR) is 71.3 cm³/mol. The minimum Gasteiger partial charge on any atom is -0.289 e. The molecule has 2 aromatic rings. The monoisotopic (exact) mass is 238 g/mol. The van der Waals surface area contributed by atoms with Crippen LogP contribution < -0.4 is 0 Å². The molecule has 0 fully saturated rings. The number of aromatic nitrogens is 2. The lowest BCUT2D eigenvalue weighted by Gasteiger charge is -2.04. The van der Waals surface area contributed by atoms with Crippen LogP contribution in [0.1, 0.15) is 22.8 Å². The molecule has 0 amide bonds. The Hall–Kier alpha value is -2.29. The molecule has 3 heteroatoms. The van der Waals surface area contributed by atoms with Gasteiger partial charge in [0.2, 0.25) is 0 Å². The Balaban J connectivity index is 2.45. The molecule has 0 aliphatic heterocycles. The van der Waals surface area contributed by atoms with Crippen molar-refractivity contribution in [1.82, 2.24) is 9.97 Å². The second-order valence-electron chi connectivity index (χ2n) is 4.26. The topological polar surface area (TPSA) is 42.9 Å². The average Bonchev–Trinajstić information content (AvgIpc) is 2.38. The third-order valence-electron chi connectivity index (χ3n) is 2.59. The molecule has 0 aromatic carbocycles. The number of carbonyl (C=O) groups is 1. The molecular formula is C15H14N2O. The minimum absolute atomic E-state index is 0.0636. The van der Waals surface area contributed by atoms with Crippen LogP contribution >= 0.6 is 0 Å². The van der Waals surface area contributed by atoms with Crippen molar-refractivity contribution in [3.63, 3.8) is 0 Å². The van der Waals surface area contributed by atoms with Gasteiger partial charge in [0.15, 0.2) is 5.78 Å². The molecular weight excluding hydrogens is 224 g/mol. The van der Waals surface area contributed by atoms with Crippen molar-refractivity contribution in [2.24, 2.45) is 0 Å². The molecule has 2 rings (SSSR count). The Bertz CT molecular complexity index is 617. The lowest BCUT2D eigenvalue weighted by Crippen LogP contribution is -2.00. The lowest BCUT2D eigenvalue weighted by atomic mass is 10.1. The average molecular weight is 238 g/mol. The van der Waals surface area contributed by atoms with E-state index in [0.717, 1.165) is 11.3 Å². The van der Waals surface area contributed by atoms with Crippen molar-refractivity contribution in [1.29, 1.82) is 0 Å². The van der Waals surface area contributed by atoms with Crippen LogP contribution in [0.5, 0.6) is 0 Å². The number of carbonyl (C=O) groups excluding carboxylic acids is 1. The zero-order valence-corrected chi connectivity index (χ0v) is 10.5. The van der Waals surface area contributed by atoms with Crippen LogP contribution in [-0.2, 0) is 0 Å². The van der Waals surface area contributed by atoms with Crippen molar-refractivity contribution >= 4 is 5.78 Å². The maximum Gasteiger partial charge on any atom is 0.188 e. The summed E-state index contributed by atoms with van der Waals surface area (Å²) < 4.78 is 0. The van der Waals surface area contributed by atoms with Gasteiger partial charge in [-0.3, -0.25) is 14.8 Å². The van der Waals surface area contributed by atoms with Crippen molar-refractivity contribution in [2.45, 2.75) is 13.8 Å². The van der Waals surface area contributed by atoms with Gasteiger partial charge in [0.1, 0.15) is 0 Å². The molecule has 0 bridgehead atoms. The number of hydrogen-bond donors (Lipinski definition) is 0. The van der Waals surface area contributed by atoms with E-state index in [1.165, 1.54) is 0 Å². The van der Waals surface area contributed by atoms with Crippen LogP contribution in [0.2, 0.25) is 0 Å². The highest BCUT2D eigenvalue weighted by atomic mass is 16.1. The first-order chi connectivity index (χ1) is 8.58. The Morgan fingerprint density at radius 1 is 1.11 bits per heavy atom. The number of allylic oxidation sites excluding steroid dienone is 1. The lowest BCUT2D eigenvalue weighted by molar-refractivity contribution is 0.103. The second kappa shape index (κ2) is 4.92. The molecule has 90 valence electrons. The highest BCUT2D eigenvalue weighted by Crippen LogP contribution is 2.17. The SMILES string of the molecule is C=C(C)C(=O)c1ccnc(-c2cc(C)ccn2)c1. The van der Waals surface area contributed by atoms with E-state index in [9.17, 15) is 4.79 Å². The quantitative estimate of drug-likeness (QED) is 0.609. The van der Waals surface area contributed by atoms with Gasteiger partial charge in [0, 0.05) is 18.0 Å². The van der Waals surface area contributed by atoms with Gasteiger partial charge in [-0.15, -0.1) is 0 Å². The Morgan fingerprint density at radius 2 is 1.72 bits per heavy atom. The maximum atomic E-state index is 11.8.